The number of carbonyl (C=O) groups is 2. The van der Waals surface area contributed by atoms with Gasteiger partial charge in [0.15, 0.2) is 0 Å². The Hall–Kier alpha value is -1.84. The van der Waals surface area contributed by atoms with Gasteiger partial charge in [-0.15, -0.1) is 0 Å². The summed E-state index contributed by atoms with van der Waals surface area (Å²) in [6, 6.07) is 9.66. The summed E-state index contributed by atoms with van der Waals surface area (Å²) in [6.45, 7) is 5.59. The third-order valence-corrected chi connectivity index (χ3v) is 3.39. The second-order valence-electron chi connectivity index (χ2n) is 5.23. The first kappa shape index (κ1) is 17.2. The molecule has 0 heterocycles. The molecule has 4 heteroatoms. The first-order valence-corrected chi connectivity index (χ1v) is 7.69. The monoisotopic (exact) mass is 290 g/mol. The second kappa shape index (κ2) is 9.97. The zero-order chi connectivity index (χ0) is 15.5. The Bertz CT molecular complexity index is 432. The molecule has 0 spiro atoms. The molecule has 0 aliphatic rings. The predicted octanol–water partition coefficient (Wildman–Crippen LogP) is 2.38. The molecule has 1 N–H and O–H groups in total. The number of nitrogens with one attached hydrogen (secondary N) is 1. The van der Waals surface area contributed by atoms with E-state index in [2.05, 4.69) is 12.2 Å². The minimum atomic E-state index is -0.00161. The van der Waals surface area contributed by atoms with Crippen LogP contribution in [0.1, 0.15) is 38.7 Å². The highest BCUT2D eigenvalue weighted by molar-refractivity contribution is 5.78. The van der Waals surface area contributed by atoms with Crippen LogP contribution in [0.15, 0.2) is 30.3 Å². The van der Waals surface area contributed by atoms with Crippen LogP contribution in [0, 0.1) is 0 Å². The molecule has 0 radical (unpaired) electrons. The van der Waals surface area contributed by atoms with Crippen molar-refractivity contribution in [1.82, 2.24) is 10.2 Å². The van der Waals surface area contributed by atoms with Gasteiger partial charge in [-0.3, -0.25) is 9.59 Å². The number of hydrogen-bond donors (Lipinski definition) is 1. The SMILES string of the molecule is CCCCCN(CCNC(=O)Cc1ccccc1)C(C)=O. The summed E-state index contributed by atoms with van der Waals surface area (Å²) in [4.78, 5) is 25.1. The standard InChI is InChI=1S/C17H26N2O2/c1-3-4-8-12-19(15(2)20)13-11-18-17(21)14-16-9-6-5-7-10-16/h5-7,9-10H,3-4,8,11-14H2,1-2H3,(H,18,21). The molecule has 0 atom stereocenters. The zero-order valence-corrected chi connectivity index (χ0v) is 13.1. The number of rotatable bonds is 9. The lowest BCUT2D eigenvalue weighted by Crippen LogP contribution is -2.38. The summed E-state index contributed by atoms with van der Waals surface area (Å²) < 4.78 is 0. The molecule has 0 aliphatic carbocycles. The minimum Gasteiger partial charge on any atom is -0.354 e. The molecule has 1 rings (SSSR count). The van der Waals surface area contributed by atoms with Gasteiger partial charge in [-0.05, 0) is 12.0 Å². The predicted molar refractivity (Wildman–Crippen MR) is 84.9 cm³/mol. The van der Waals surface area contributed by atoms with Gasteiger partial charge >= 0.3 is 0 Å². The van der Waals surface area contributed by atoms with Crippen LogP contribution in [0.3, 0.4) is 0 Å². The first-order chi connectivity index (χ1) is 10.1. The molecule has 0 aliphatic heterocycles. The zero-order valence-electron chi connectivity index (χ0n) is 13.1. The quantitative estimate of drug-likeness (QED) is 0.710. The van der Waals surface area contributed by atoms with Gasteiger partial charge in [0.2, 0.25) is 11.8 Å². The average molecular weight is 290 g/mol. The lowest BCUT2D eigenvalue weighted by atomic mass is 10.1. The van der Waals surface area contributed by atoms with Crippen LogP contribution in [0.5, 0.6) is 0 Å². The van der Waals surface area contributed by atoms with E-state index < -0.39 is 0 Å². The molecule has 1 aromatic rings. The van der Waals surface area contributed by atoms with Crippen LogP contribution in [0.4, 0.5) is 0 Å². The lowest BCUT2D eigenvalue weighted by molar-refractivity contribution is -0.129. The van der Waals surface area contributed by atoms with Crippen molar-refractivity contribution in [2.75, 3.05) is 19.6 Å². The average Bonchev–Trinajstić information content (AvgIpc) is 2.46. The van der Waals surface area contributed by atoms with Gasteiger partial charge in [0.05, 0.1) is 6.42 Å². The maximum atomic E-state index is 11.8. The van der Waals surface area contributed by atoms with Gasteiger partial charge in [0.1, 0.15) is 0 Å². The van der Waals surface area contributed by atoms with E-state index in [1.165, 1.54) is 0 Å². The maximum absolute atomic E-state index is 11.8. The molecule has 116 valence electrons. The van der Waals surface area contributed by atoms with Crippen LogP contribution >= 0.6 is 0 Å². The van der Waals surface area contributed by atoms with Gasteiger partial charge in [0.25, 0.3) is 0 Å². The van der Waals surface area contributed by atoms with Crippen LogP contribution in [-0.2, 0) is 16.0 Å². The Balaban J connectivity index is 2.26. The molecular weight excluding hydrogens is 264 g/mol. The fraction of sp³-hybridized carbons (Fsp3) is 0.529. The lowest BCUT2D eigenvalue weighted by Gasteiger charge is -2.21. The van der Waals surface area contributed by atoms with Gasteiger partial charge in [0, 0.05) is 26.6 Å². The van der Waals surface area contributed by atoms with Crippen molar-refractivity contribution in [1.29, 1.82) is 0 Å². The largest absolute Gasteiger partial charge is 0.354 e. The smallest absolute Gasteiger partial charge is 0.224 e. The number of amides is 2. The third kappa shape index (κ3) is 7.49. The van der Waals surface area contributed by atoms with Crippen molar-refractivity contribution < 1.29 is 9.59 Å². The highest BCUT2D eigenvalue weighted by Crippen LogP contribution is 2.00. The van der Waals surface area contributed by atoms with E-state index in [4.69, 9.17) is 0 Å². The number of carbonyl (C=O) groups excluding carboxylic acids is 2. The summed E-state index contributed by atoms with van der Waals surface area (Å²) in [5.74, 6) is 0.0710. The summed E-state index contributed by atoms with van der Waals surface area (Å²) >= 11 is 0. The van der Waals surface area contributed by atoms with Gasteiger partial charge in [-0.1, -0.05) is 50.1 Å². The van der Waals surface area contributed by atoms with Crippen molar-refractivity contribution in [3.05, 3.63) is 35.9 Å². The highest BCUT2D eigenvalue weighted by Gasteiger charge is 2.08. The molecule has 0 aromatic heterocycles. The van der Waals surface area contributed by atoms with E-state index in [0.717, 1.165) is 31.4 Å². The maximum Gasteiger partial charge on any atom is 0.224 e. The van der Waals surface area contributed by atoms with Gasteiger partial charge < -0.3 is 10.2 Å². The highest BCUT2D eigenvalue weighted by atomic mass is 16.2. The Labute approximate surface area is 127 Å². The molecule has 4 nitrogen and oxygen atoms in total. The molecule has 1 aromatic carbocycles. The Morgan fingerprint density at radius 1 is 1.10 bits per heavy atom. The van der Waals surface area contributed by atoms with E-state index >= 15 is 0 Å². The van der Waals surface area contributed by atoms with Crippen molar-refractivity contribution in [3.63, 3.8) is 0 Å². The Morgan fingerprint density at radius 3 is 2.43 bits per heavy atom. The molecule has 2 amide bonds. The van der Waals surface area contributed by atoms with Crippen LogP contribution < -0.4 is 5.32 Å². The third-order valence-electron chi connectivity index (χ3n) is 3.39. The Kier molecular flexibility index (Phi) is 8.17. The minimum absolute atomic E-state index is 0.00161. The van der Waals surface area contributed by atoms with Gasteiger partial charge in [-0.25, -0.2) is 0 Å². The fourth-order valence-corrected chi connectivity index (χ4v) is 2.15. The summed E-state index contributed by atoms with van der Waals surface area (Å²) in [5.41, 5.74) is 1.00. The molecular formula is C17H26N2O2. The topological polar surface area (TPSA) is 49.4 Å². The van der Waals surface area contributed by atoms with Crippen LogP contribution in [0.2, 0.25) is 0 Å². The van der Waals surface area contributed by atoms with E-state index in [-0.39, 0.29) is 11.8 Å². The molecule has 0 fully saturated rings. The van der Waals surface area contributed by atoms with Crippen molar-refractivity contribution in [2.45, 2.75) is 39.5 Å². The summed E-state index contributed by atoms with van der Waals surface area (Å²) in [5, 5.41) is 2.87. The fourth-order valence-electron chi connectivity index (χ4n) is 2.15. The summed E-state index contributed by atoms with van der Waals surface area (Å²) in [6.07, 6.45) is 3.68. The number of unbranched alkanes of at least 4 members (excludes halogenated alkanes) is 2. The first-order valence-electron chi connectivity index (χ1n) is 7.69. The van der Waals surface area contributed by atoms with Crippen molar-refractivity contribution in [2.24, 2.45) is 0 Å². The Morgan fingerprint density at radius 2 is 1.81 bits per heavy atom. The van der Waals surface area contributed by atoms with Crippen LogP contribution in [0.25, 0.3) is 0 Å². The number of hydrogen-bond acceptors (Lipinski definition) is 2. The number of nitrogens with zero attached hydrogens (tertiary/aromatic N) is 1. The molecule has 0 saturated carbocycles. The summed E-state index contributed by atoms with van der Waals surface area (Å²) in [7, 11) is 0. The van der Waals surface area contributed by atoms with E-state index in [1.54, 1.807) is 11.8 Å². The molecule has 0 bridgehead atoms. The second-order valence-corrected chi connectivity index (χ2v) is 5.23. The molecule has 0 saturated heterocycles. The van der Waals surface area contributed by atoms with E-state index in [0.29, 0.717) is 19.5 Å². The normalized spacial score (nSPS) is 10.2. The van der Waals surface area contributed by atoms with E-state index in [1.807, 2.05) is 30.3 Å². The molecule has 21 heavy (non-hydrogen) atoms. The van der Waals surface area contributed by atoms with Gasteiger partial charge in [-0.2, -0.15) is 0 Å². The molecule has 0 unspecified atom stereocenters. The van der Waals surface area contributed by atoms with Crippen molar-refractivity contribution >= 4 is 11.8 Å². The number of benzene rings is 1. The van der Waals surface area contributed by atoms with Crippen LogP contribution in [-0.4, -0.2) is 36.3 Å². The van der Waals surface area contributed by atoms with E-state index in [9.17, 15) is 9.59 Å². The van der Waals surface area contributed by atoms with Crippen molar-refractivity contribution in [3.8, 4) is 0 Å².